The van der Waals surface area contributed by atoms with Gasteiger partial charge >= 0.3 is 5.97 Å². The number of hydrogen-bond acceptors (Lipinski definition) is 4. The first-order valence-corrected chi connectivity index (χ1v) is 7.72. The van der Waals surface area contributed by atoms with E-state index in [9.17, 15) is 9.90 Å². The smallest absolute Gasteiger partial charge is 0.356 e. The third-order valence-electron chi connectivity index (χ3n) is 4.83. The van der Waals surface area contributed by atoms with Crippen molar-refractivity contribution < 1.29 is 15.0 Å². The lowest BCUT2D eigenvalue weighted by Crippen LogP contribution is -2.47. The summed E-state index contributed by atoms with van der Waals surface area (Å²) in [6.45, 7) is 1.57. The van der Waals surface area contributed by atoms with Crippen molar-refractivity contribution in [2.45, 2.75) is 38.2 Å². The Morgan fingerprint density at radius 2 is 2.14 bits per heavy atom. The van der Waals surface area contributed by atoms with Gasteiger partial charge in [-0.25, -0.2) is 9.78 Å². The lowest BCUT2D eigenvalue weighted by molar-refractivity contribution is 0.0407. The Hall–Kier alpha value is -1.33. The van der Waals surface area contributed by atoms with Gasteiger partial charge in [0.1, 0.15) is 5.82 Å². The van der Waals surface area contributed by atoms with Gasteiger partial charge in [0.25, 0.3) is 0 Å². The van der Waals surface area contributed by atoms with E-state index in [1.54, 1.807) is 12.1 Å². The summed E-state index contributed by atoms with van der Waals surface area (Å²) in [6.07, 6.45) is 4.72. The molecule has 2 atom stereocenters. The number of aliphatic hydroxyl groups excluding tert-OH is 1. The van der Waals surface area contributed by atoms with Crippen LogP contribution in [0.3, 0.4) is 0 Å². The van der Waals surface area contributed by atoms with Crippen LogP contribution < -0.4 is 4.90 Å². The highest BCUT2D eigenvalue weighted by molar-refractivity contribution is 6.33. The van der Waals surface area contributed by atoms with Crippen LogP contribution in [0.5, 0.6) is 0 Å². The molecule has 2 fully saturated rings. The number of hydrogen-bond donors (Lipinski definition) is 2. The van der Waals surface area contributed by atoms with E-state index in [0.29, 0.717) is 5.82 Å². The molecule has 0 aromatic carbocycles. The first-order chi connectivity index (χ1) is 10.0. The highest BCUT2D eigenvalue weighted by Gasteiger charge is 2.45. The summed E-state index contributed by atoms with van der Waals surface area (Å²) in [7, 11) is 0. The second kappa shape index (κ2) is 5.46. The maximum atomic E-state index is 11.2. The maximum Gasteiger partial charge on any atom is 0.356 e. The largest absolute Gasteiger partial charge is 0.476 e. The first-order valence-electron chi connectivity index (χ1n) is 7.35. The van der Waals surface area contributed by atoms with Crippen LogP contribution >= 0.6 is 11.6 Å². The lowest BCUT2D eigenvalue weighted by Gasteiger charge is -2.43. The van der Waals surface area contributed by atoms with E-state index >= 15 is 0 Å². The average molecular weight is 311 g/mol. The van der Waals surface area contributed by atoms with Crippen molar-refractivity contribution in [3.63, 3.8) is 0 Å². The SMILES string of the molecule is O=C(O)c1nc(N2CCC[C@@]3(CCC[C@H]3O)C2)ccc1Cl. The normalized spacial score (nSPS) is 29.0. The van der Waals surface area contributed by atoms with E-state index < -0.39 is 5.97 Å². The molecule has 0 radical (unpaired) electrons. The lowest BCUT2D eigenvalue weighted by atomic mass is 9.77. The van der Waals surface area contributed by atoms with Gasteiger partial charge in [0.05, 0.1) is 11.1 Å². The predicted molar refractivity (Wildman–Crippen MR) is 79.9 cm³/mol. The molecule has 1 aromatic heterocycles. The monoisotopic (exact) mass is 310 g/mol. The van der Waals surface area contributed by atoms with Crippen molar-refractivity contribution in [1.82, 2.24) is 4.98 Å². The second-order valence-electron chi connectivity index (χ2n) is 6.10. The van der Waals surface area contributed by atoms with E-state index in [4.69, 9.17) is 16.7 Å². The third kappa shape index (κ3) is 2.60. The standard InChI is InChI=1S/C15H19ClN2O3/c16-10-4-5-12(17-13(10)14(20)21)18-8-2-7-15(9-18)6-1-3-11(15)19/h4-5,11,19H,1-3,6-9H2,(H,20,21)/t11-,15+/m1/s1. The molecule has 1 saturated carbocycles. The highest BCUT2D eigenvalue weighted by Crippen LogP contribution is 2.45. The molecule has 6 heteroatoms. The fourth-order valence-corrected chi connectivity index (χ4v) is 3.90. The molecule has 0 amide bonds. The van der Waals surface area contributed by atoms with Crippen LogP contribution in [0.4, 0.5) is 5.82 Å². The van der Waals surface area contributed by atoms with Crippen LogP contribution in [0.25, 0.3) is 0 Å². The Balaban J connectivity index is 1.87. The van der Waals surface area contributed by atoms with E-state index in [2.05, 4.69) is 9.88 Å². The fourth-order valence-electron chi connectivity index (χ4n) is 3.71. The summed E-state index contributed by atoms with van der Waals surface area (Å²) in [5, 5.41) is 19.6. The predicted octanol–water partition coefficient (Wildman–Crippen LogP) is 2.56. The molecule has 1 saturated heterocycles. The number of carboxylic acid groups (broad SMARTS) is 1. The number of anilines is 1. The molecule has 1 aliphatic carbocycles. The van der Waals surface area contributed by atoms with Gasteiger partial charge in [-0.15, -0.1) is 0 Å². The molecule has 2 N–H and O–H groups in total. The minimum absolute atomic E-state index is 0.0526. The molecule has 1 spiro atoms. The summed E-state index contributed by atoms with van der Waals surface area (Å²) in [6, 6.07) is 3.34. The molecule has 1 aliphatic heterocycles. The average Bonchev–Trinajstić information content (AvgIpc) is 2.80. The van der Waals surface area contributed by atoms with Crippen molar-refractivity contribution in [1.29, 1.82) is 0 Å². The van der Waals surface area contributed by atoms with E-state index in [0.717, 1.165) is 45.2 Å². The van der Waals surface area contributed by atoms with Gasteiger partial charge in [-0.2, -0.15) is 0 Å². The van der Waals surface area contributed by atoms with Gasteiger partial charge in [-0.3, -0.25) is 0 Å². The van der Waals surface area contributed by atoms with E-state index in [-0.39, 0.29) is 22.2 Å². The number of aromatic nitrogens is 1. The number of carboxylic acids is 1. The molecule has 3 rings (SSSR count). The molecule has 1 aromatic rings. The van der Waals surface area contributed by atoms with Gasteiger partial charge in [0.2, 0.25) is 0 Å². The van der Waals surface area contributed by atoms with Crippen LogP contribution in [0.1, 0.15) is 42.6 Å². The molecule has 21 heavy (non-hydrogen) atoms. The summed E-state index contributed by atoms with van der Waals surface area (Å²) in [5.74, 6) is -0.482. The highest BCUT2D eigenvalue weighted by atomic mass is 35.5. The van der Waals surface area contributed by atoms with E-state index in [1.807, 2.05) is 0 Å². The minimum Gasteiger partial charge on any atom is -0.476 e. The minimum atomic E-state index is -1.12. The van der Waals surface area contributed by atoms with Gasteiger partial charge in [-0.05, 0) is 37.8 Å². The van der Waals surface area contributed by atoms with Crippen LogP contribution in [-0.4, -0.2) is 40.4 Å². The molecule has 0 unspecified atom stereocenters. The molecule has 0 bridgehead atoms. The summed E-state index contributed by atoms with van der Waals surface area (Å²) in [5.41, 5.74) is -0.163. The number of rotatable bonds is 2. The first kappa shape index (κ1) is 14.6. The molecule has 2 aliphatic rings. The van der Waals surface area contributed by atoms with Crippen molar-refractivity contribution >= 4 is 23.4 Å². The fraction of sp³-hybridized carbons (Fsp3) is 0.600. The molecule has 114 valence electrons. The van der Waals surface area contributed by atoms with E-state index in [1.165, 1.54) is 0 Å². The zero-order chi connectivity index (χ0) is 15.0. The Morgan fingerprint density at radius 1 is 1.38 bits per heavy atom. The van der Waals surface area contributed by atoms with Gasteiger partial charge in [0, 0.05) is 18.5 Å². The Labute approximate surface area is 128 Å². The summed E-state index contributed by atoms with van der Waals surface area (Å²) >= 11 is 5.87. The topological polar surface area (TPSA) is 73.7 Å². The van der Waals surface area contributed by atoms with Crippen molar-refractivity contribution in [3.8, 4) is 0 Å². The van der Waals surface area contributed by atoms with Gasteiger partial charge < -0.3 is 15.1 Å². The van der Waals surface area contributed by atoms with Crippen molar-refractivity contribution in [2.24, 2.45) is 5.41 Å². The Bertz CT molecular complexity index is 566. The number of piperidine rings is 1. The number of halogens is 1. The molecular formula is C15H19ClN2O3. The number of pyridine rings is 1. The van der Waals surface area contributed by atoms with Gasteiger partial charge in [0.15, 0.2) is 5.69 Å². The zero-order valence-corrected chi connectivity index (χ0v) is 12.5. The summed E-state index contributed by atoms with van der Waals surface area (Å²) < 4.78 is 0. The van der Waals surface area contributed by atoms with Crippen LogP contribution in [0, 0.1) is 5.41 Å². The van der Waals surface area contributed by atoms with Gasteiger partial charge in [-0.1, -0.05) is 18.0 Å². The van der Waals surface area contributed by atoms with Crippen molar-refractivity contribution in [3.05, 3.63) is 22.8 Å². The number of aliphatic hydroxyl groups is 1. The third-order valence-corrected chi connectivity index (χ3v) is 5.13. The zero-order valence-electron chi connectivity index (χ0n) is 11.8. The second-order valence-corrected chi connectivity index (χ2v) is 6.51. The molecule has 5 nitrogen and oxygen atoms in total. The van der Waals surface area contributed by atoms with Crippen LogP contribution in [-0.2, 0) is 0 Å². The number of aromatic carboxylic acids is 1. The molecular weight excluding hydrogens is 292 g/mol. The Morgan fingerprint density at radius 3 is 2.81 bits per heavy atom. The number of carbonyl (C=O) groups is 1. The Kier molecular flexibility index (Phi) is 3.80. The van der Waals surface area contributed by atoms with Crippen molar-refractivity contribution in [2.75, 3.05) is 18.0 Å². The van der Waals surface area contributed by atoms with Crippen LogP contribution in [0.15, 0.2) is 12.1 Å². The van der Waals surface area contributed by atoms with Crippen LogP contribution in [0.2, 0.25) is 5.02 Å². The quantitative estimate of drug-likeness (QED) is 0.878. The summed E-state index contributed by atoms with van der Waals surface area (Å²) in [4.78, 5) is 17.4. The molecule has 2 heterocycles. The maximum absolute atomic E-state index is 11.2. The number of nitrogens with zero attached hydrogens (tertiary/aromatic N) is 2.